The predicted octanol–water partition coefficient (Wildman–Crippen LogP) is 3.02. The van der Waals surface area contributed by atoms with Crippen molar-refractivity contribution in [1.29, 1.82) is 0 Å². The minimum absolute atomic E-state index is 0.470. The lowest BCUT2D eigenvalue weighted by Crippen LogP contribution is -2.41. The average molecular weight is 238 g/mol. The Hall–Kier alpha value is -0.0800. The third-order valence-corrected chi connectivity index (χ3v) is 4.81. The zero-order valence-electron chi connectivity index (χ0n) is 11.5. The van der Waals surface area contributed by atoms with Gasteiger partial charge in [-0.1, -0.05) is 32.1 Å². The Morgan fingerprint density at radius 2 is 1.53 bits per heavy atom. The summed E-state index contributed by atoms with van der Waals surface area (Å²) in [5.74, 6) is 1.73. The average Bonchev–Trinajstić information content (AvgIpc) is 2.33. The minimum atomic E-state index is 0.470. The van der Waals surface area contributed by atoms with E-state index in [2.05, 4.69) is 11.9 Å². The van der Waals surface area contributed by atoms with E-state index in [1.807, 2.05) is 0 Å². The smallest absolute Gasteiger partial charge is 0.00793 e. The van der Waals surface area contributed by atoms with E-state index >= 15 is 0 Å². The van der Waals surface area contributed by atoms with Crippen LogP contribution in [0, 0.1) is 11.8 Å². The first-order valence-corrected chi connectivity index (χ1v) is 7.70. The summed E-state index contributed by atoms with van der Waals surface area (Å²) >= 11 is 0. The van der Waals surface area contributed by atoms with Crippen molar-refractivity contribution >= 4 is 0 Å². The molecule has 0 aliphatic heterocycles. The number of nitrogens with zero attached hydrogens (tertiary/aromatic N) is 1. The van der Waals surface area contributed by atoms with Gasteiger partial charge in [0.2, 0.25) is 0 Å². The van der Waals surface area contributed by atoms with Crippen LogP contribution in [0.3, 0.4) is 0 Å². The van der Waals surface area contributed by atoms with Gasteiger partial charge in [-0.25, -0.2) is 0 Å². The molecular weight excluding hydrogens is 208 g/mol. The number of nitrogens with two attached hydrogens (primary N) is 1. The van der Waals surface area contributed by atoms with Gasteiger partial charge in [0.25, 0.3) is 0 Å². The first-order chi connectivity index (χ1) is 8.25. The second-order valence-electron chi connectivity index (χ2n) is 6.43. The maximum absolute atomic E-state index is 6.23. The van der Waals surface area contributed by atoms with Gasteiger partial charge in [0, 0.05) is 19.1 Å². The van der Waals surface area contributed by atoms with Crippen LogP contribution in [0.4, 0.5) is 0 Å². The van der Waals surface area contributed by atoms with Gasteiger partial charge in [0.1, 0.15) is 0 Å². The first kappa shape index (κ1) is 13.4. The Bertz CT molecular complexity index is 211. The standard InChI is InChI=1S/C15H30N2/c1-17(11-13-7-3-2-4-8-13)12-14-9-5-6-10-15(14)16/h13-15H,2-12,16H2,1H3. The summed E-state index contributed by atoms with van der Waals surface area (Å²) in [5, 5.41) is 0. The molecule has 2 atom stereocenters. The lowest BCUT2D eigenvalue weighted by Gasteiger charge is -2.34. The van der Waals surface area contributed by atoms with Gasteiger partial charge in [0.15, 0.2) is 0 Å². The molecule has 2 saturated carbocycles. The maximum Gasteiger partial charge on any atom is 0.00793 e. The topological polar surface area (TPSA) is 29.3 Å². The summed E-state index contributed by atoms with van der Waals surface area (Å²) in [6, 6.07) is 0.470. The van der Waals surface area contributed by atoms with Crippen molar-refractivity contribution in [2.75, 3.05) is 20.1 Å². The molecule has 2 aliphatic carbocycles. The van der Waals surface area contributed by atoms with Crippen molar-refractivity contribution in [2.24, 2.45) is 17.6 Å². The van der Waals surface area contributed by atoms with Crippen molar-refractivity contribution in [2.45, 2.75) is 63.8 Å². The Labute approximate surface area is 107 Å². The summed E-state index contributed by atoms with van der Waals surface area (Å²) < 4.78 is 0. The third kappa shape index (κ3) is 4.26. The molecule has 0 heterocycles. The lowest BCUT2D eigenvalue weighted by molar-refractivity contribution is 0.175. The van der Waals surface area contributed by atoms with Gasteiger partial charge >= 0.3 is 0 Å². The predicted molar refractivity (Wildman–Crippen MR) is 74.0 cm³/mol. The highest BCUT2D eigenvalue weighted by Gasteiger charge is 2.24. The summed E-state index contributed by atoms with van der Waals surface area (Å²) in [7, 11) is 2.30. The molecule has 2 heteroatoms. The van der Waals surface area contributed by atoms with Gasteiger partial charge < -0.3 is 10.6 Å². The molecule has 2 aliphatic rings. The normalized spacial score (nSPS) is 31.9. The van der Waals surface area contributed by atoms with Crippen LogP contribution in [-0.4, -0.2) is 31.1 Å². The molecule has 100 valence electrons. The van der Waals surface area contributed by atoms with Crippen LogP contribution in [0.15, 0.2) is 0 Å². The third-order valence-electron chi connectivity index (χ3n) is 4.81. The first-order valence-electron chi connectivity index (χ1n) is 7.70. The number of hydrogen-bond donors (Lipinski definition) is 1. The monoisotopic (exact) mass is 238 g/mol. The molecule has 0 radical (unpaired) electrons. The largest absolute Gasteiger partial charge is 0.327 e. The highest BCUT2D eigenvalue weighted by atomic mass is 15.1. The molecule has 0 aromatic rings. The Morgan fingerprint density at radius 3 is 2.24 bits per heavy atom. The zero-order chi connectivity index (χ0) is 12.1. The van der Waals surface area contributed by atoms with Crippen LogP contribution in [-0.2, 0) is 0 Å². The Morgan fingerprint density at radius 1 is 0.882 bits per heavy atom. The maximum atomic E-state index is 6.23. The molecule has 0 saturated heterocycles. The fraction of sp³-hybridized carbons (Fsp3) is 1.00. The van der Waals surface area contributed by atoms with Crippen molar-refractivity contribution in [3.05, 3.63) is 0 Å². The van der Waals surface area contributed by atoms with E-state index < -0.39 is 0 Å². The van der Waals surface area contributed by atoms with Gasteiger partial charge in [0.05, 0.1) is 0 Å². The fourth-order valence-corrected chi connectivity index (χ4v) is 3.75. The van der Waals surface area contributed by atoms with Gasteiger partial charge in [-0.15, -0.1) is 0 Å². The summed E-state index contributed by atoms with van der Waals surface area (Å²) in [6.45, 7) is 2.54. The van der Waals surface area contributed by atoms with Crippen LogP contribution in [0.25, 0.3) is 0 Å². The summed E-state index contributed by atoms with van der Waals surface area (Å²) in [5.41, 5.74) is 6.23. The number of hydrogen-bond acceptors (Lipinski definition) is 2. The van der Waals surface area contributed by atoms with E-state index in [-0.39, 0.29) is 0 Å². The molecule has 2 rings (SSSR count). The SMILES string of the molecule is CN(CC1CCCCC1)CC1CCCCC1N. The molecule has 0 spiro atoms. The Kier molecular flexibility index (Phi) is 5.30. The van der Waals surface area contributed by atoms with E-state index in [1.54, 1.807) is 0 Å². The van der Waals surface area contributed by atoms with Crippen LogP contribution in [0.5, 0.6) is 0 Å². The molecule has 0 aromatic carbocycles. The highest BCUT2D eigenvalue weighted by Crippen LogP contribution is 2.26. The van der Waals surface area contributed by atoms with Crippen LogP contribution >= 0.6 is 0 Å². The molecule has 0 aromatic heterocycles. The van der Waals surface area contributed by atoms with Crippen molar-refractivity contribution < 1.29 is 0 Å². The minimum Gasteiger partial charge on any atom is -0.327 e. The van der Waals surface area contributed by atoms with Crippen LogP contribution in [0.2, 0.25) is 0 Å². The second-order valence-corrected chi connectivity index (χ2v) is 6.43. The molecule has 2 unspecified atom stereocenters. The van der Waals surface area contributed by atoms with Crippen molar-refractivity contribution in [3.8, 4) is 0 Å². The molecule has 0 bridgehead atoms. The van der Waals surface area contributed by atoms with Crippen molar-refractivity contribution in [3.63, 3.8) is 0 Å². The molecule has 2 N–H and O–H groups in total. The highest BCUT2D eigenvalue weighted by molar-refractivity contribution is 4.80. The van der Waals surface area contributed by atoms with E-state index in [4.69, 9.17) is 5.73 Å². The Balaban J connectivity index is 1.70. The fourth-order valence-electron chi connectivity index (χ4n) is 3.75. The van der Waals surface area contributed by atoms with Gasteiger partial charge in [-0.05, 0) is 44.6 Å². The number of rotatable bonds is 4. The molecule has 2 nitrogen and oxygen atoms in total. The molecule has 0 amide bonds. The zero-order valence-corrected chi connectivity index (χ0v) is 11.5. The van der Waals surface area contributed by atoms with Gasteiger partial charge in [-0.3, -0.25) is 0 Å². The summed E-state index contributed by atoms with van der Waals surface area (Å²) in [6.07, 6.45) is 12.7. The second kappa shape index (κ2) is 6.75. The summed E-state index contributed by atoms with van der Waals surface area (Å²) in [4.78, 5) is 2.56. The lowest BCUT2D eigenvalue weighted by atomic mass is 9.84. The molecular formula is C15H30N2. The van der Waals surface area contributed by atoms with Crippen LogP contribution < -0.4 is 5.73 Å². The molecule has 17 heavy (non-hydrogen) atoms. The van der Waals surface area contributed by atoms with Crippen LogP contribution in [0.1, 0.15) is 57.8 Å². The molecule has 2 fully saturated rings. The van der Waals surface area contributed by atoms with E-state index in [0.717, 1.165) is 11.8 Å². The van der Waals surface area contributed by atoms with Gasteiger partial charge in [-0.2, -0.15) is 0 Å². The van der Waals surface area contributed by atoms with E-state index in [9.17, 15) is 0 Å². The van der Waals surface area contributed by atoms with Crippen molar-refractivity contribution in [1.82, 2.24) is 4.90 Å². The van der Waals surface area contributed by atoms with E-state index in [0.29, 0.717) is 6.04 Å². The quantitative estimate of drug-likeness (QED) is 0.816. The van der Waals surface area contributed by atoms with E-state index in [1.165, 1.54) is 70.9 Å².